The maximum Gasteiger partial charge on any atom is 0.316 e. The van der Waals surface area contributed by atoms with Gasteiger partial charge in [0.15, 0.2) is 11.0 Å². The van der Waals surface area contributed by atoms with Crippen LogP contribution in [0.3, 0.4) is 0 Å². The van der Waals surface area contributed by atoms with Crippen LogP contribution >= 0.6 is 23.4 Å². The molecule has 0 saturated carbocycles. The van der Waals surface area contributed by atoms with Crippen molar-refractivity contribution in [3.63, 3.8) is 0 Å². The molecule has 0 unspecified atom stereocenters. The summed E-state index contributed by atoms with van der Waals surface area (Å²) in [6, 6.07) is 15.1. The minimum absolute atomic E-state index is 0.152. The number of nitrogens with one attached hydrogen (secondary N) is 1. The number of carbonyl (C=O) groups excluding carboxylic acids is 1. The average molecular weight is 447 g/mol. The smallest absolute Gasteiger partial charge is 0.316 e. The Morgan fingerprint density at radius 1 is 1.13 bits per heavy atom. The number of carbonyl (C=O) groups is 1. The molecule has 1 heterocycles. The number of thioether (sulfide) groups is 1. The normalized spacial score (nSPS) is 10.6. The molecule has 0 aliphatic rings. The zero-order valence-electron chi connectivity index (χ0n) is 16.8. The van der Waals surface area contributed by atoms with Crippen LogP contribution in [0.1, 0.15) is 19.7 Å². The van der Waals surface area contributed by atoms with Gasteiger partial charge in [0.25, 0.3) is 0 Å². The van der Waals surface area contributed by atoms with Crippen LogP contribution < -0.4 is 10.1 Å². The van der Waals surface area contributed by atoms with Crippen LogP contribution in [-0.4, -0.2) is 39.7 Å². The molecule has 9 heteroatoms. The summed E-state index contributed by atoms with van der Waals surface area (Å²) in [5.41, 5.74) is 1.75. The van der Waals surface area contributed by atoms with E-state index < -0.39 is 0 Å². The van der Waals surface area contributed by atoms with Gasteiger partial charge in [-0.05, 0) is 56.3 Å². The third kappa shape index (κ3) is 5.90. The Balaban J connectivity index is 1.80. The third-order valence-electron chi connectivity index (χ3n) is 4.01. The molecular formula is C21H23ClN4O3S. The van der Waals surface area contributed by atoms with Crippen molar-refractivity contribution < 1.29 is 14.3 Å². The highest BCUT2D eigenvalue weighted by Crippen LogP contribution is 2.25. The highest BCUT2D eigenvalue weighted by atomic mass is 35.5. The molecule has 0 saturated heterocycles. The van der Waals surface area contributed by atoms with E-state index in [9.17, 15) is 4.79 Å². The van der Waals surface area contributed by atoms with Crippen molar-refractivity contribution in [3.8, 4) is 11.4 Å². The Hall–Kier alpha value is -2.71. The first-order valence-corrected chi connectivity index (χ1v) is 10.9. The van der Waals surface area contributed by atoms with Crippen molar-refractivity contribution in [1.82, 2.24) is 14.8 Å². The molecule has 0 aliphatic carbocycles. The van der Waals surface area contributed by atoms with E-state index >= 15 is 0 Å². The largest absolute Gasteiger partial charge is 0.494 e. The number of ether oxygens (including phenoxy) is 2. The van der Waals surface area contributed by atoms with Gasteiger partial charge >= 0.3 is 5.97 Å². The molecule has 158 valence electrons. The van der Waals surface area contributed by atoms with E-state index in [2.05, 4.69) is 15.5 Å². The van der Waals surface area contributed by atoms with Crippen LogP contribution in [0.2, 0.25) is 5.02 Å². The van der Waals surface area contributed by atoms with Crippen LogP contribution in [0.15, 0.2) is 53.7 Å². The van der Waals surface area contributed by atoms with Gasteiger partial charge in [0.2, 0.25) is 0 Å². The molecule has 0 spiro atoms. The summed E-state index contributed by atoms with van der Waals surface area (Å²) in [4.78, 5) is 11.8. The summed E-state index contributed by atoms with van der Waals surface area (Å²) < 4.78 is 12.4. The Morgan fingerprint density at radius 2 is 1.93 bits per heavy atom. The standard InChI is InChI=1S/C21H23ClN4O3S/c1-3-28-18-10-8-16(9-11-18)23-13-19-24-25-21(30-14-20(27)29-4-2)26(19)17-7-5-6-15(22)12-17/h5-12,23H,3-4,13-14H2,1-2H3. The monoisotopic (exact) mass is 446 g/mol. The van der Waals surface area contributed by atoms with Gasteiger partial charge in [0.1, 0.15) is 5.75 Å². The van der Waals surface area contributed by atoms with Crippen molar-refractivity contribution in [2.75, 3.05) is 24.3 Å². The second kappa shape index (κ2) is 10.9. The van der Waals surface area contributed by atoms with Crippen LogP contribution in [0, 0.1) is 0 Å². The second-order valence-electron chi connectivity index (χ2n) is 6.12. The minimum atomic E-state index is -0.294. The van der Waals surface area contributed by atoms with Gasteiger partial charge in [-0.15, -0.1) is 10.2 Å². The molecular weight excluding hydrogens is 424 g/mol. The summed E-state index contributed by atoms with van der Waals surface area (Å²) in [7, 11) is 0. The fourth-order valence-electron chi connectivity index (χ4n) is 2.73. The number of nitrogens with zero attached hydrogens (tertiary/aromatic N) is 3. The molecule has 0 amide bonds. The Labute approximate surface area is 184 Å². The van der Waals surface area contributed by atoms with Gasteiger partial charge in [0, 0.05) is 10.7 Å². The minimum Gasteiger partial charge on any atom is -0.494 e. The maximum atomic E-state index is 11.8. The lowest BCUT2D eigenvalue weighted by molar-refractivity contribution is -0.139. The summed E-state index contributed by atoms with van der Waals surface area (Å²) >= 11 is 7.46. The molecule has 1 aromatic heterocycles. The van der Waals surface area contributed by atoms with E-state index in [4.69, 9.17) is 21.1 Å². The van der Waals surface area contributed by atoms with E-state index in [1.54, 1.807) is 13.0 Å². The summed E-state index contributed by atoms with van der Waals surface area (Å²) in [6.07, 6.45) is 0. The quantitative estimate of drug-likeness (QED) is 0.360. The van der Waals surface area contributed by atoms with Crippen LogP contribution in [0.5, 0.6) is 5.75 Å². The molecule has 30 heavy (non-hydrogen) atoms. The highest BCUT2D eigenvalue weighted by molar-refractivity contribution is 7.99. The number of hydrogen-bond donors (Lipinski definition) is 1. The lowest BCUT2D eigenvalue weighted by atomic mass is 10.3. The number of aromatic nitrogens is 3. The van der Waals surface area contributed by atoms with Gasteiger partial charge in [-0.25, -0.2) is 0 Å². The lowest BCUT2D eigenvalue weighted by Crippen LogP contribution is -2.10. The molecule has 0 fully saturated rings. The third-order valence-corrected chi connectivity index (χ3v) is 5.14. The van der Waals surface area contributed by atoms with Crippen molar-refractivity contribution >= 4 is 35.0 Å². The SMILES string of the molecule is CCOC(=O)CSc1nnc(CNc2ccc(OCC)cc2)n1-c1cccc(Cl)c1. The first kappa shape index (κ1) is 22.0. The van der Waals surface area contributed by atoms with E-state index in [0.29, 0.717) is 35.8 Å². The number of halogens is 1. The van der Waals surface area contributed by atoms with Crippen molar-refractivity contribution in [1.29, 1.82) is 0 Å². The number of esters is 1. The summed E-state index contributed by atoms with van der Waals surface area (Å²) in [5, 5.41) is 13.1. The molecule has 2 aromatic carbocycles. The van der Waals surface area contributed by atoms with Gasteiger partial charge in [-0.3, -0.25) is 9.36 Å². The number of hydrogen-bond acceptors (Lipinski definition) is 7. The predicted octanol–water partition coefficient (Wildman–Crippen LogP) is 4.59. The number of anilines is 1. The van der Waals surface area contributed by atoms with Crippen molar-refractivity contribution in [2.24, 2.45) is 0 Å². The van der Waals surface area contributed by atoms with E-state index in [1.165, 1.54) is 11.8 Å². The van der Waals surface area contributed by atoms with Gasteiger partial charge in [-0.1, -0.05) is 29.4 Å². The first-order valence-electron chi connectivity index (χ1n) is 9.56. The Bertz CT molecular complexity index is 979. The van der Waals surface area contributed by atoms with Gasteiger partial charge < -0.3 is 14.8 Å². The summed E-state index contributed by atoms with van der Waals surface area (Å²) in [6.45, 7) is 5.14. The van der Waals surface area contributed by atoms with Crippen molar-refractivity contribution in [3.05, 3.63) is 59.4 Å². The Kier molecular flexibility index (Phi) is 7.98. The van der Waals surface area contributed by atoms with Crippen LogP contribution in [-0.2, 0) is 16.1 Å². The zero-order chi connectivity index (χ0) is 21.3. The molecule has 0 aliphatic heterocycles. The fraction of sp³-hybridized carbons (Fsp3) is 0.286. The van der Waals surface area contributed by atoms with E-state index in [1.807, 2.05) is 54.0 Å². The molecule has 3 rings (SSSR count). The van der Waals surface area contributed by atoms with Crippen LogP contribution in [0.4, 0.5) is 5.69 Å². The van der Waals surface area contributed by atoms with Gasteiger partial charge in [0.05, 0.1) is 31.2 Å². The number of rotatable bonds is 10. The lowest BCUT2D eigenvalue weighted by Gasteiger charge is -2.12. The molecule has 3 aromatic rings. The molecule has 0 atom stereocenters. The molecule has 7 nitrogen and oxygen atoms in total. The zero-order valence-corrected chi connectivity index (χ0v) is 18.4. The topological polar surface area (TPSA) is 78.3 Å². The molecule has 0 radical (unpaired) electrons. The second-order valence-corrected chi connectivity index (χ2v) is 7.50. The maximum absolute atomic E-state index is 11.8. The van der Waals surface area contributed by atoms with E-state index in [0.717, 1.165) is 17.1 Å². The van der Waals surface area contributed by atoms with E-state index in [-0.39, 0.29) is 11.7 Å². The highest BCUT2D eigenvalue weighted by Gasteiger charge is 2.16. The summed E-state index contributed by atoms with van der Waals surface area (Å²) in [5.74, 6) is 1.37. The predicted molar refractivity (Wildman–Crippen MR) is 119 cm³/mol. The average Bonchev–Trinajstić information content (AvgIpc) is 3.15. The first-order chi connectivity index (χ1) is 14.6. The van der Waals surface area contributed by atoms with Crippen molar-refractivity contribution in [2.45, 2.75) is 25.5 Å². The fourth-order valence-corrected chi connectivity index (χ4v) is 3.68. The molecule has 1 N–H and O–H groups in total. The Morgan fingerprint density at radius 3 is 2.63 bits per heavy atom. The number of benzene rings is 2. The van der Waals surface area contributed by atoms with Crippen LogP contribution in [0.25, 0.3) is 5.69 Å². The van der Waals surface area contributed by atoms with Gasteiger partial charge in [-0.2, -0.15) is 0 Å². The molecule has 0 bridgehead atoms.